The molecule has 0 aliphatic rings. The van der Waals surface area contributed by atoms with Crippen LogP contribution < -0.4 is 10.5 Å². The van der Waals surface area contributed by atoms with Gasteiger partial charge < -0.3 is 15.4 Å². The van der Waals surface area contributed by atoms with Gasteiger partial charge in [0.15, 0.2) is 0 Å². The lowest BCUT2D eigenvalue weighted by atomic mass is 10.1. The van der Waals surface area contributed by atoms with Crippen LogP contribution in [0.2, 0.25) is 0 Å². The van der Waals surface area contributed by atoms with E-state index in [1.807, 2.05) is 12.1 Å². The number of amides is 1. The van der Waals surface area contributed by atoms with Crippen molar-refractivity contribution in [3.05, 3.63) is 59.4 Å². The molecule has 2 aromatic rings. The summed E-state index contributed by atoms with van der Waals surface area (Å²) in [6.45, 7) is 0.322. The number of aryl methyl sites for hydroxylation is 1. The Hall–Kier alpha value is -2.56. The predicted octanol–water partition coefficient (Wildman–Crippen LogP) is 3.01. The largest absolute Gasteiger partial charge is 0.487 e. The van der Waals surface area contributed by atoms with Crippen molar-refractivity contribution in [1.29, 1.82) is 0 Å². The Morgan fingerprint density at radius 2 is 1.78 bits per heavy atom. The fourth-order valence-corrected chi connectivity index (χ4v) is 2.10. The van der Waals surface area contributed by atoms with Crippen LogP contribution in [0.4, 0.5) is 10.1 Å². The Labute approximate surface area is 135 Å². The average molecular weight is 316 g/mol. The van der Waals surface area contributed by atoms with Gasteiger partial charge in [-0.25, -0.2) is 4.39 Å². The normalized spacial score (nSPS) is 10.4. The average Bonchev–Trinajstić information content (AvgIpc) is 2.53. The molecule has 122 valence electrons. The second-order valence-corrected chi connectivity index (χ2v) is 5.58. The number of anilines is 1. The summed E-state index contributed by atoms with van der Waals surface area (Å²) < 4.78 is 18.5. The standard InChI is InChI=1S/C18H21FN2O2/c1-21(2)18(22)10-6-13-5-9-17(16(20)11-13)23-12-14-3-7-15(19)8-4-14/h3-5,7-9,11H,6,10,12,20H2,1-2H3. The van der Waals surface area contributed by atoms with Gasteiger partial charge in [-0.05, 0) is 41.8 Å². The number of carbonyl (C=O) groups excluding carboxylic acids is 1. The smallest absolute Gasteiger partial charge is 0.222 e. The summed E-state index contributed by atoms with van der Waals surface area (Å²) in [4.78, 5) is 13.2. The van der Waals surface area contributed by atoms with Crippen LogP contribution in [-0.4, -0.2) is 24.9 Å². The van der Waals surface area contributed by atoms with Crippen LogP contribution in [0.25, 0.3) is 0 Å². The molecule has 2 aromatic carbocycles. The Morgan fingerprint density at radius 1 is 1.13 bits per heavy atom. The first-order valence-corrected chi connectivity index (χ1v) is 7.41. The van der Waals surface area contributed by atoms with Crippen LogP contribution in [0.3, 0.4) is 0 Å². The summed E-state index contributed by atoms with van der Waals surface area (Å²) >= 11 is 0. The number of nitrogens with two attached hydrogens (primary N) is 1. The first-order chi connectivity index (χ1) is 11.0. The van der Waals surface area contributed by atoms with E-state index in [2.05, 4.69) is 0 Å². The van der Waals surface area contributed by atoms with Gasteiger partial charge in [-0.1, -0.05) is 18.2 Å². The van der Waals surface area contributed by atoms with Crippen molar-refractivity contribution in [3.63, 3.8) is 0 Å². The number of nitrogens with zero attached hydrogens (tertiary/aromatic N) is 1. The topological polar surface area (TPSA) is 55.6 Å². The molecular formula is C18H21FN2O2. The van der Waals surface area contributed by atoms with Crippen molar-refractivity contribution >= 4 is 11.6 Å². The number of nitrogen functional groups attached to an aromatic ring is 1. The van der Waals surface area contributed by atoms with Gasteiger partial charge in [-0.2, -0.15) is 0 Å². The number of benzene rings is 2. The van der Waals surface area contributed by atoms with Gasteiger partial charge in [-0.3, -0.25) is 4.79 Å². The summed E-state index contributed by atoms with van der Waals surface area (Å²) in [5.74, 6) is 0.391. The van der Waals surface area contributed by atoms with E-state index in [4.69, 9.17) is 10.5 Å². The highest BCUT2D eigenvalue weighted by atomic mass is 19.1. The molecule has 2 N–H and O–H groups in total. The van der Waals surface area contributed by atoms with E-state index >= 15 is 0 Å². The molecule has 0 atom stereocenters. The first-order valence-electron chi connectivity index (χ1n) is 7.41. The van der Waals surface area contributed by atoms with Crippen molar-refractivity contribution in [3.8, 4) is 5.75 Å². The third-order valence-corrected chi connectivity index (χ3v) is 3.51. The Bertz CT molecular complexity index is 669. The molecule has 0 aliphatic carbocycles. The summed E-state index contributed by atoms with van der Waals surface area (Å²) in [5.41, 5.74) is 8.38. The van der Waals surface area contributed by atoms with E-state index in [0.717, 1.165) is 11.1 Å². The fraction of sp³-hybridized carbons (Fsp3) is 0.278. The van der Waals surface area contributed by atoms with E-state index < -0.39 is 0 Å². The summed E-state index contributed by atoms with van der Waals surface area (Å²) in [5, 5.41) is 0. The molecule has 0 saturated heterocycles. The quantitative estimate of drug-likeness (QED) is 0.834. The van der Waals surface area contributed by atoms with Gasteiger partial charge in [0.2, 0.25) is 5.91 Å². The van der Waals surface area contributed by atoms with E-state index in [-0.39, 0.29) is 11.7 Å². The zero-order valence-electron chi connectivity index (χ0n) is 13.4. The third-order valence-electron chi connectivity index (χ3n) is 3.51. The maximum absolute atomic E-state index is 12.8. The molecule has 0 radical (unpaired) electrons. The monoisotopic (exact) mass is 316 g/mol. The molecule has 0 bridgehead atoms. The lowest BCUT2D eigenvalue weighted by molar-refractivity contribution is -0.128. The van der Waals surface area contributed by atoms with Crippen LogP contribution >= 0.6 is 0 Å². The van der Waals surface area contributed by atoms with Crippen LogP contribution in [0, 0.1) is 5.82 Å². The maximum atomic E-state index is 12.8. The van der Waals surface area contributed by atoms with Gasteiger partial charge in [0, 0.05) is 20.5 Å². The van der Waals surface area contributed by atoms with Crippen LogP contribution in [0.1, 0.15) is 17.5 Å². The lowest BCUT2D eigenvalue weighted by Gasteiger charge is -2.12. The first kappa shape index (κ1) is 16.8. The summed E-state index contributed by atoms with van der Waals surface area (Å²) in [6, 6.07) is 11.7. The molecule has 4 nitrogen and oxygen atoms in total. The van der Waals surface area contributed by atoms with Gasteiger partial charge in [-0.15, -0.1) is 0 Å². The van der Waals surface area contributed by atoms with E-state index in [9.17, 15) is 9.18 Å². The fourth-order valence-electron chi connectivity index (χ4n) is 2.10. The van der Waals surface area contributed by atoms with E-state index in [1.165, 1.54) is 12.1 Å². The van der Waals surface area contributed by atoms with Crippen LogP contribution in [-0.2, 0) is 17.8 Å². The van der Waals surface area contributed by atoms with Gasteiger partial charge in [0.1, 0.15) is 18.2 Å². The van der Waals surface area contributed by atoms with Crippen LogP contribution in [0.15, 0.2) is 42.5 Å². The van der Waals surface area contributed by atoms with Crippen molar-refractivity contribution in [2.45, 2.75) is 19.4 Å². The second-order valence-electron chi connectivity index (χ2n) is 5.58. The minimum absolute atomic E-state index is 0.0835. The molecule has 0 aromatic heterocycles. The molecule has 0 aliphatic heterocycles. The molecule has 0 saturated carbocycles. The minimum atomic E-state index is -0.273. The van der Waals surface area contributed by atoms with Crippen molar-refractivity contribution in [2.75, 3.05) is 19.8 Å². The van der Waals surface area contributed by atoms with Crippen LogP contribution in [0.5, 0.6) is 5.75 Å². The second kappa shape index (κ2) is 7.63. The Balaban J connectivity index is 1.93. The molecule has 0 unspecified atom stereocenters. The molecule has 0 spiro atoms. The lowest BCUT2D eigenvalue weighted by Crippen LogP contribution is -2.21. The molecule has 2 rings (SSSR count). The van der Waals surface area contributed by atoms with Gasteiger partial charge in [0.25, 0.3) is 0 Å². The van der Waals surface area contributed by atoms with E-state index in [0.29, 0.717) is 30.9 Å². The zero-order chi connectivity index (χ0) is 16.8. The zero-order valence-corrected chi connectivity index (χ0v) is 13.4. The Kier molecular flexibility index (Phi) is 5.57. The van der Waals surface area contributed by atoms with Gasteiger partial charge >= 0.3 is 0 Å². The molecule has 0 heterocycles. The number of hydrogen-bond donors (Lipinski definition) is 1. The molecule has 1 amide bonds. The van der Waals surface area contributed by atoms with E-state index in [1.54, 1.807) is 37.2 Å². The number of halogens is 1. The summed E-state index contributed by atoms with van der Waals surface area (Å²) in [6.07, 6.45) is 1.08. The predicted molar refractivity (Wildman–Crippen MR) is 88.6 cm³/mol. The molecular weight excluding hydrogens is 295 g/mol. The summed E-state index contributed by atoms with van der Waals surface area (Å²) in [7, 11) is 3.48. The van der Waals surface area contributed by atoms with Crippen molar-refractivity contribution in [2.24, 2.45) is 0 Å². The molecule has 5 heteroatoms. The van der Waals surface area contributed by atoms with Crippen molar-refractivity contribution < 1.29 is 13.9 Å². The minimum Gasteiger partial charge on any atom is -0.487 e. The Morgan fingerprint density at radius 3 is 2.39 bits per heavy atom. The number of rotatable bonds is 6. The van der Waals surface area contributed by atoms with Gasteiger partial charge in [0.05, 0.1) is 5.69 Å². The third kappa shape index (κ3) is 4.98. The number of ether oxygens (including phenoxy) is 1. The highest BCUT2D eigenvalue weighted by molar-refractivity contribution is 5.75. The van der Waals surface area contributed by atoms with Crippen molar-refractivity contribution in [1.82, 2.24) is 4.90 Å². The highest BCUT2D eigenvalue weighted by Gasteiger charge is 2.07. The number of carbonyl (C=O) groups is 1. The highest BCUT2D eigenvalue weighted by Crippen LogP contribution is 2.24. The maximum Gasteiger partial charge on any atom is 0.222 e. The molecule has 23 heavy (non-hydrogen) atoms. The number of hydrogen-bond acceptors (Lipinski definition) is 3. The SMILES string of the molecule is CN(C)C(=O)CCc1ccc(OCc2ccc(F)cc2)c(N)c1. The molecule has 0 fully saturated rings.